The van der Waals surface area contributed by atoms with Crippen molar-refractivity contribution in [3.8, 4) is 28.3 Å². The number of carbonyl (C=O) groups excluding carboxylic acids is 1. The maximum Gasteiger partial charge on any atom is 0.387 e. The minimum absolute atomic E-state index is 0.0388. The van der Waals surface area contributed by atoms with Crippen molar-refractivity contribution in [3.63, 3.8) is 0 Å². The first-order chi connectivity index (χ1) is 17.0. The van der Waals surface area contributed by atoms with Gasteiger partial charge in [-0.1, -0.05) is 0 Å². The molecule has 0 aliphatic carbocycles. The molecule has 0 aliphatic rings. The Hall–Kier alpha value is -4.67. The third kappa shape index (κ3) is 4.69. The summed E-state index contributed by atoms with van der Waals surface area (Å²) in [4.78, 5) is 25.6. The van der Waals surface area contributed by atoms with E-state index in [2.05, 4.69) is 30.1 Å². The molecular formula is C24H18F2N6O3. The van der Waals surface area contributed by atoms with Gasteiger partial charge in [-0.15, -0.1) is 0 Å². The number of anilines is 1. The van der Waals surface area contributed by atoms with E-state index in [9.17, 15) is 13.6 Å². The van der Waals surface area contributed by atoms with Crippen LogP contribution in [-0.2, 0) is 11.3 Å². The molecule has 0 aliphatic heterocycles. The van der Waals surface area contributed by atoms with Gasteiger partial charge in [-0.25, -0.2) is 19.6 Å². The van der Waals surface area contributed by atoms with Gasteiger partial charge in [-0.2, -0.15) is 13.9 Å². The Bertz CT molecular complexity index is 1480. The van der Waals surface area contributed by atoms with Gasteiger partial charge < -0.3 is 9.15 Å². The van der Waals surface area contributed by atoms with Gasteiger partial charge in [0, 0.05) is 23.5 Å². The van der Waals surface area contributed by atoms with Gasteiger partial charge in [0.15, 0.2) is 5.65 Å². The maximum absolute atomic E-state index is 12.8. The molecule has 0 bridgehead atoms. The first-order valence-corrected chi connectivity index (χ1v) is 10.5. The molecule has 0 radical (unpaired) electrons. The number of carbonyl (C=O) groups is 1. The maximum atomic E-state index is 12.8. The first-order valence-electron chi connectivity index (χ1n) is 10.5. The number of pyridine rings is 1. The van der Waals surface area contributed by atoms with E-state index in [0.717, 1.165) is 10.9 Å². The molecular weight excluding hydrogens is 458 g/mol. The predicted molar refractivity (Wildman–Crippen MR) is 123 cm³/mol. The van der Waals surface area contributed by atoms with Gasteiger partial charge in [0.2, 0.25) is 11.9 Å². The number of benzene rings is 1. The second kappa shape index (κ2) is 9.29. The molecule has 0 atom stereocenters. The molecule has 0 unspecified atom stereocenters. The number of amides is 1. The third-order valence-corrected chi connectivity index (χ3v) is 5.17. The predicted octanol–water partition coefficient (Wildman–Crippen LogP) is 4.70. The zero-order chi connectivity index (χ0) is 24.4. The van der Waals surface area contributed by atoms with E-state index in [1.54, 1.807) is 36.7 Å². The molecule has 1 N–H and O–H groups in total. The summed E-state index contributed by atoms with van der Waals surface area (Å²) in [6.07, 6.45) is 4.72. The molecule has 0 saturated heterocycles. The molecule has 4 aromatic heterocycles. The first kappa shape index (κ1) is 22.1. The van der Waals surface area contributed by atoms with Crippen LogP contribution in [-0.4, -0.2) is 37.3 Å². The fourth-order valence-electron chi connectivity index (χ4n) is 3.72. The molecule has 0 saturated carbocycles. The van der Waals surface area contributed by atoms with E-state index in [4.69, 9.17) is 4.42 Å². The van der Waals surface area contributed by atoms with E-state index in [1.807, 2.05) is 19.1 Å². The number of furan rings is 1. The number of halogens is 2. The van der Waals surface area contributed by atoms with E-state index < -0.39 is 12.5 Å². The van der Waals surface area contributed by atoms with Crippen LogP contribution in [0.15, 0.2) is 71.6 Å². The number of hydrogen-bond donors (Lipinski definition) is 1. The van der Waals surface area contributed by atoms with Gasteiger partial charge in [-0.05, 0) is 55.5 Å². The van der Waals surface area contributed by atoms with Crippen molar-refractivity contribution in [1.82, 2.24) is 24.7 Å². The highest BCUT2D eigenvalue weighted by Gasteiger charge is 2.17. The lowest BCUT2D eigenvalue weighted by molar-refractivity contribution is -0.116. The fourth-order valence-corrected chi connectivity index (χ4v) is 3.72. The summed E-state index contributed by atoms with van der Waals surface area (Å²) in [5.41, 5.74) is 3.25. The molecule has 9 nitrogen and oxygen atoms in total. The van der Waals surface area contributed by atoms with Crippen LogP contribution < -0.4 is 10.1 Å². The number of aromatic nitrogens is 5. The molecule has 5 aromatic rings. The van der Waals surface area contributed by atoms with Crippen LogP contribution in [0, 0.1) is 6.92 Å². The smallest absolute Gasteiger partial charge is 0.387 e. The average Bonchev–Trinajstić information content (AvgIpc) is 3.48. The van der Waals surface area contributed by atoms with Crippen molar-refractivity contribution in [2.75, 3.05) is 5.32 Å². The Balaban J connectivity index is 1.34. The lowest BCUT2D eigenvalue weighted by Gasteiger charge is -2.08. The standard InChI is InChI=1S/C24H18F2N6O3/c1-14-21-17(19-3-2-12-34-19)8-10-27-22(21)32(31-14)13-20(33)30-24-28-11-9-18(29-24)15-4-6-16(7-5-15)35-23(25)26/h2-12,23H,13H2,1H3,(H,28,29,30,33). The van der Waals surface area contributed by atoms with Crippen molar-refractivity contribution in [1.29, 1.82) is 0 Å². The molecule has 0 fully saturated rings. The molecule has 5 rings (SSSR count). The fraction of sp³-hybridized carbons (Fsp3) is 0.125. The minimum Gasteiger partial charge on any atom is -0.464 e. The number of hydrogen-bond acceptors (Lipinski definition) is 7. The lowest BCUT2D eigenvalue weighted by Crippen LogP contribution is -2.21. The van der Waals surface area contributed by atoms with Crippen LogP contribution in [0.4, 0.5) is 14.7 Å². The zero-order valence-electron chi connectivity index (χ0n) is 18.4. The summed E-state index contributed by atoms with van der Waals surface area (Å²) in [6.45, 7) is -1.16. The van der Waals surface area contributed by atoms with Crippen molar-refractivity contribution in [2.24, 2.45) is 0 Å². The van der Waals surface area contributed by atoms with Gasteiger partial charge in [-0.3, -0.25) is 10.1 Å². The van der Waals surface area contributed by atoms with Crippen LogP contribution >= 0.6 is 0 Å². The van der Waals surface area contributed by atoms with E-state index in [-0.39, 0.29) is 18.2 Å². The average molecular weight is 476 g/mol. The second-order valence-electron chi connectivity index (χ2n) is 7.49. The summed E-state index contributed by atoms with van der Waals surface area (Å²) in [5, 5.41) is 7.94. The highest BCUT2D eigenvalue weighted by atomic mass is 19.3. The lowest BCUT2D eigenvalue weighted by atomic mass is 10.1. The van der Waals surface area contributed by atoms with E-state index >= 15 is 0 Å². The Morgan fingerprint density at radius 3 is 2.66 bits per heavy atom. The minimum atomic E-state index is -2.90. The number of fused-ring (bicyclic) bond motifs is 1. The quantitative estimate of drug-likeness (QED) is 0.363. The van der Waals surface area contributed by atoms with Crippen molar-refractivity contribution >= 4 is 22.9 Å². The third-order valence-electron chi connectivity index (χ3n) is 5.17. The number of nitrogens with one attached hydrogen (secondary N) is 1. The number of aryl methyl sites for hydroxylation is 1. The summed E-state index contributed by atoms with van der Waals surface area (Å²) in [5.74, 6) is 0.427. The zero-order valence-corrected chi connectivity index (χ0v) is 18.4. The molecule has 1 amide bonds. The molecule has 4 heterocycles. The summed E-state index contributed by atoms with van der Waals surface area (Å²) in [6, 6.07) is 13.1. The van der Waals surface area contributed by atoms with Crippen LogP contribution in [0.5, 0.6) is 5.75 Å². The van der Waals surface area contributed by atoms with Gasteiger partial charge in [0.25, 0.3) is 0 Å². The number of ether oxygens (including phenoxy) is 1. The molecule has 11 heteroatoms. The summed E-state index contributed by atoms with van der Waals surface area (Å²) in [7, 11) is 0. The Morgan fingerprint density at radius 2 is 1.91 bits per heavy atom. The highest BCUT2D eigenvalue weighted by molar-refractivity contribution is 5.95. The van der Waals surface area contributed by atoms with Gasteiger partial charge in [0.1, 0.15) is 18.1 Å². The van der Waals surface area contributed by atoms with Crippen molar-refractivity contribution < 1.29 is 22.7 Å². The van der Waals surface area contributed by atoms with Crippen molar-refractivity contribution in [3.05, 3.63) is 72.9 Å². The van der Waals surface area contributed by atoms with Crippen molar-refractivity contribution in [2.45, 2.75) is 20.1 Å². The molecule has 176 valence electrons. The van der Waals surface area contributed by atoms with E-state index in [0.29, 0.717) is 28.4 Å². The topological polar surface area (TPSA) is 108 Å². The number of alkyl halides is 2. The molecule has 35 heavy (non-hydrogen) atoms. The summed E-state index contributed by atoms with van der Waals surface area (Å²) >= 11 is 0. The van der Waals surface area contributed by atoms with Crippen LogP contribution in [0.25, 0.3) is 33.6 Å². The van der Waals surface area contributed by atoms with Gasteiger partial charge >= 0.3 is 6.61 Å². The Labute approximate surface area is 197 Å². The highest BCUT2D eigenvalue weighted by Crippen LogP contribution is 2.30. The van der Waals surface area contributed by atoms with Crippen LogP contribution in [0.2, 0.25) is 0 Å². The van der Waals surface area contributed by atoms with E-state index in [1.165, 1.54) is 23.0 Å². The second-order valence-corrected chi connectivity index (χ2v) is 7.49. The SMILES string of the molecule is Cc1nn(CC(=O)Nc2nccc(-c3ccc(OC(F)F)cc3)n2)c2nccc(-c3ccco3)c12. The Morgan fingerprint density at radius 1 is 1.11 bits per heavy atom. The normalized spacial score (nSPS) is 11.2. The van der Waals surface area contributed by atoms with Crippen LogP contribution in [0.3, 0.4) is 0 Å². The molecule has 0 spiro atoms. The Kier molecular flexibility index (Phi) is 5.88. The van der Waals surface area contributed by atoms with Gasteiger partial charge in [0.05, 0.1) is 23.0 Å². The number of nitrogens with zero attached hydrogens (tertiary/aromatic N) is 5. The van der Waals surface area contributed by atoms with Crippen LogP contribution in [0.1, 0.15) is 5.69 Å². The monoisotopic (exact) mass is 476 g/mol. The largest absolute Gasteiger partial charge is 0.464 e. The summed E-state index contributed by atoms with van der Waals surface area (Å²) < 4.78 is 36.1. The molecule has 1 aromatic carbocycles. The number of rotatable bonds is 7.